The molecule has 2 aromatic rings. The molecule has 0 radical (unpaired) electrons. The fraction of sp³-hybridized carbons (Fsp3) is 0.0769. The van der Waals surface area contributed by atoms with E-state index in [0.717, 1.165) is 0 Å². The number of rotatable bonds is 2. The van der Waals surface area contributed by atoms with E-state index < -0.39 is 11.6 Å². The van der Waals surface area contributed by atoms with Crippen LogP contribution in [-0.4, -0.2) is 0 Å². The maximum atomic E-state index is 13.7. The van der Waals surface area contributed by atoms with E-state index in [2.05, 4.69) is 0 Å². The summed E-state index contributed by atoms with van der Waals surface area (Å²) in [6.45, 7) is 0. The van der Waals surface area contributed by atoms with Gasteiger partial charge in [0.25, 0.3) is 0 Å². The van der Waals surface area contributed by atoms with Crippen molar-refractivity contribution in [3.8, 4) is 11.1 Å². The van der Waals surface area contributed by atoms with Crippen LogP contribution in [0.4, 0.5) is 8.78 Å². The summed E-state index contributed by atoms with van der Waals surface area (Å²) in [5.74, 6) is -0.641. The fourth-order valence-electron chi connectivity index (χ4n) is 1.54. The van der Waals surface area contributed by atoms with Crippen molar-refractivity contribution in [2.75, 3.05) is 0 Å². The van der Waals surface area contributed by atoms with E-state index in [4.69, 9.17) is 11.6 Å². The molecule has 0 amide bonds. The maximum Gasteiger partial charge on any atom is 0.131 e. The van der Waals surface area contributed by atoms with Gasteiger partial charge in [0.2, 0.25) is 0 Å². The summed E-state index contributed by atoms with van der Waals surface area (Å²) < 4.78 is 27.1. The van der Waals surface area contributed by atoms with E-state index in [1.165, 1.54) is 12.1 Å². The van der Waals surface area contributed by atoms with Gasteiger partial charge in [0.1, 0.15) is 11.6 Å². The van der Waals surface area contributed by atoms with Crippen LogP contribution in [0.2, 0.25) is 0 Å². The van der Waals surface area contributed by atoms with Gasteiger partial charge >= 0.3 is 0 Å². The van der Waals surface area contributed by atoms with Crippen molar-refractivity contribution in [3.63, 3.8) is 0 Å². The minimum absolute atomic E-state index is 0.245. The van der Waals surface area contributed by atoms with E-state index in [1.807, 2.05) is 0 Å². The second kappa shape index (κ2) is 4.62. The van der Waals surface area contributed by atoms with Gasteiger partial charge in [0.05, 0.1) is 0 Å². The zero-order chi connectivity index (χ0) is 11.5. The number of hydrogen-bond donors (Lipinski definition) is 0. The third kappa shape index (κ3) is 2.07. The van der Waals surface area contributed by atoms with E-state index in [9.17, 15) is 8.78 Å². The zero-order valence-electron chi connectivity index (χ0n) is 8.38. The molecule has 0 nitrogen and oxygen atoms in total. The Morgan fingerprint density at radius 2 is 1.56 bits per heavy atom. The van der Waals surface area contributed by atoms with Gasteiger partial charge in [0, 0.05) is 17.0 Å². The molecular weight excluding hydrogens is 230 g/mol. The molecule has 0 aliphatic carbocycles. The second-order valence-electron chi connectivity index (χ2n) is 3.43. The molecule has 0 aliphatic heterocycles. The predicted molar refractivity (Wildman–Crippen MR) is 61.4 cm³/mol. The molecule has 0 saturated carbocycles. The minimum Gasteiger partial charge on any atom is -0.206 e. The van der Waals surface area contributed by atoms with Gasteiger partial charge in [-0.2, -0.15) is 0 Å². The Hall–Kier alpha value is -1.41. The first-order chi connectivity index (χ1) is 7.72. The first-order valence-electron chi connectivity index (χ1n) is 4.81. The Kier molecular flexibility index (Phi) is 3.20. The molecule has 82 valence electrons. The van der Waals surface area contributed by atoms with Crippen molar-refractivity contribution in [1.82, 2.24) is 0 Å². The largest absolute Gasteiger partial charge is 0.206 e. The lowest BCUT2D eigenvalue weighted by atomic mass is 10.0. The number of benzene rings is 2. The smallest absolute Gasteiger partial charge is 0.131 e. The van der Waals surface area contributed by atoms with Crippen molar-refractivity contribution < 1.29 is 8.78 Å². The van der Waals surface area contributed by atoms with Crippen molar-refractivity contribution in [1.29, 1.82) is 0 Å². The summed E-state index contributed by atoms with van der Waals surface area (Å²) in [6.07, 6.45) is 0. The van der Waals surface area contributed by atoms with Crippen LogP contribution in [0, 0.1) is 11.6 Å². The van der Waals surface area contributed by atoms with E-state index in [0.29, 0.717) is 5.56 Å². The van der Waals surface area contributed by atoms with Crippen molar-refractivity contribution in [2.24, 2.45) is 0 Å². The summed E-state index contributed by atoms with van der Waals surface area (Å²) in [4.78, 5) is 0. The molecule has 0 aromatic heterocycles. The van der Waals surface area contributed by atoms with Gasteiger partial charge in [-0.05, 0) is 17.7 Å². The summed E-state index contributed by atoms with van der Waals surface area (Å²) in [7, 11) is 0. The molecule has 2 rings (SSSR count). The fourth-order valence-corrected chi connectivity index (χ4v) is 1.71. The second-order valence-corrected chi connectivity index (χ2v) is 3.69. The Morgan fingerprint density at radius 1 is 0.875 bits per heavy atom. The van der Waals surface area contributed by atoms with Gasteiger partial charge < -0.3 is 0 Å². The van der Waals surface area contributed by atoms with Crippen molar-refractivity contribution in [2.45, 2.75) is 5.88 Å². The highest BCUT2D eigenvalue weighted by Gasteiger charge is 2.09. The normalized spacial score (nSPS) is 10.4. The van der Waals surface area contributed by atoms with Gasteiger partial charge in [-0.25, -0.2) is 8.78 Å². The molecule has 0 spiro atoms. The molecule has 0 atom stereocenters. The monoisotopic (exact) mass is 238 g/mol. The SMILES string of the molecule is Fc1ccccc1-c1ccc(CCl)cc1F. The maximum absolute atomic E-state index is 13.7. The average molecular weight is 239 g/mol. The standard InChI is InChI=1S/C13H9ClF2/c14-8-9-5-6-11(13(16)7-9)10-3-1-2-4-12(10)15/h1-7H,8H2. The molecule has 0 unspecified atom stereocenters. The lowest BCUT2D eigenvalue weighted by Crippen LogP contribution is -1.90. The molecule has 0 heterocycles. The van der Waals surface area contributed by atoms with Crippen molar-refractivity contribution in [3.05, 3.63) is 59.7 Å². The highest BCUT2D eigenvalue weighted by molar-refractivity contribution is 6.17. The van der Waals surface area contributed by atoms with Gasteiger partial charge in [-0.3, -0.25) is 0 Å². The van der Waals surface area contributed by atoms with Crippen LogP contribution in [0.3, 0.4) is 0 Å². The van der Waals surface area contributed by atoms with E-state index >= 15 is 0 Å². The van der Waals surface area contributed by atoms with Gasteiger partial charge in [-0.15, -0.1) is 11.6 Å². The highest BCUT2D eigenvalue weighted by atomic mass is 35.5. The lowest BCUT2D eigenvalue weighted by Gasteiger charge is -2.05. The van der Waals surface area contributed by atoms with Gasteiger partial charge in [0.15, 0.2) is 0 Å². The summed E-state index contributed by atoms with van der Waals surface area (Å²) in [6, 6.07) is 10.7. The topological polar surface area (TPSA) is 0 Å². The Labute approximate surface area is 97.5 Å². The zero-order valence-corrected chi connectivity index (χ0v) is 9.14. The van der Waals surface area contributed by atoms with Crippen LogP contribution in [-0.2, 0) is 5.88 Å². The van der Waals surface area contributed by atoms with Gasteiger partial charge in [-0.1, -0.05) is 30.3 Å². The lowest BCUT2D eigenvalue weighted by molar-refractivity contribution is 0.615. The molecule has 0 aliphatic rings. The van der Waals surface area contributed by atoms with Crippen LogP contribution in [0.25, 0.3) is 11.1 Å². The van der Waals surface area contributed by atoms with Crippen molar-refractivity contribution >= 4 is 11.6 Å². The quantitative estimate of drug-likeness (QED) is 0.682. The molecule has 0 fully saturated rings. The van der Waals surface area contributed by atoms with Crippen LogP contribution in [0.5, 0.6) is 0 Å². The highest BCUT2D eigenvalue weighted by Crippen LogP contribution is 2.26. The van der Waals surface area contributed by atoms with Crippen LogP contribution in [0.15, 0.2) is 42.5 Å². The number of alkyl halides is 1. The Morgan fingerprint density at radius 3 is 2.19 bits per heavy atom. The number of halogens is 3. The Balaban J connectivity index is 2.53. The molecular formula is C13H9ClF2. The summed E-state index contributed by atoms with van der Waals surface area (Å²) >= 11 is 5.59. The molecule has 16 heavy (non-hydrogen) atoms. The summed E-state index contributed by atoms with van der Waals surface area (Å²) in [5.41, 5.74) is 1.20. The third-order valence-corrected chi connectivity index (χ3v) is 2.66. The number of hydrogen-bond acceptors (Lipinski definition) is 0. The van der Waals surface area contributed by atoms with Crippen LogP contribution in [0.1, 0.15) is 5.56 Å². The Bertz CT molecular complexity index is 509. The minimum atomic E-state index is -0.455. The van der Waals surface area contributed by atoms with Crippen LogP contribution >= 0.6 is 11.6 Å². The molecule has 0 N–H and O–H groups in total. The summed E-state index contributed by atoms with van der Waals surface area (Å²) in [5, 5.41) is 0. The van der Waals surface area contributed by atoms with E-state index in [1.54, 1.807) is 30.3 Å². The molecule has 3 heteroatoms. The third-order valence-electron chi connectivity index (χ3n) is 2.35. The van der Waals surface area contributed by atoms with Crippen LogP contribution < -0.4 is 0 Å². The first kappa shape index (κ1) is 11.1. The molecule has 0 saturated heterocycles. The average Bonchev–Trinajstić information content (AvgIpc) is 2.30. The van der Waals surface area contributed by atoms with E-state index in [-0.39, 0.29) is 17.0 Å². The first-order valence-corrected chi connectivity index (χ1v) is 5.35. The molecule has 2 aromatic carbocycles. The molecule has 0 bridgehead atoms. The predicted octanol–water partition coefficient (Wildman–Crippen LogP) is 4.37.